The van der Waals surface area contributed by atoms with Gasteiger partial charge in [0, 0.05) is 18.3 Å². The molecule has 1 aliphatic rings. The molecule has 0 spiro atoms. The summed E-state index contributed by atoms with van der Waals surface area (Å²) in [5, 5.41) is 2.87. The number of hydrogen-bond acceptors (Lipinski definition) is 1. The topological polar surface area (TPSA) is 32.3 Å². The van der Waals surface area contributed by atoms with Gasteiger partial charge in [-0.3, -0.25) is 0 Å². The third-order valence-electron chi connectivity index (χ3n) is 3.35. The van der Waals surface area contributed by atoms with Crippen molar-refractivity contribution in [1.82, 2.24) is 10.2 Å². The highest BCUT2D eigenvalue weighted by molar-refractivity contribution is 5.75. The maximum atomic E-state index is 12.0. The molecular weight excluding hydrogens is 212 g/mol. The molecule has 0 unspecified atom stereocenters. The van der Waals surface area contributed by atoms with Crippen LogP contribution in [0.4, 0.5) is 4.79 Å². The first kappa shape index (κ1) is 14.1. The predicted octanol–water partition coefficient (Wildman–Crippen LogP) is 3.52. The van der Waals surface area contributed by atoms with Crippen LogP contribution in [0, 0.1) is 5.92 Å². The van der Waals surface area contributed by atoms with Gasteiger partial charge in [-0.1, -0.05) is 18.9 Å². The lowest BCUT2D eigenvalue weighted by Crippen LogP contribution is -2.49. The van der Waals surface area contributed by atoms with Crippen LogP contribution in [0.25, 0.3) is 0 Å². The van der Waals surface area contributed by atoms with Gasteiger partial charge in [-0.05, 0) is 46.5 Å². The van der Waals surface area contributed by atoms with Gasteiger partial charge in [0.1, 0.15) is 0 Å². The van der Waals surface area contributed by atoms with Gasteiger partial charge in [0.05, 0.1) is 0 Å². The lowest BCUT2D eigenvalue weighted by molar-refractivity contribution is 0.153. The Morgan fingerprint density at radius 2 is 1.94 bits per heavy atom. The SMILES string of the molecule is CCN(C(=O)N/C=C/C1CCCC1)C(C)(C)C. The lowest BCUT2D eigenvalue weighted by Gasteiger charge is -2.34. The zero-order valence-electron chi connectivity index (χ0n) is 11.6. The van der Waals surface area contributed by atoms with Gasteiger partial charge in [0.2, 0.25) is 0 Å². The minimum Gasteiger partial charge on any atom is -0.320 e. The summed E-state index contributed by atoms with van der Waals surface area (Å²) in [6, 6.07) is -0.00533. The number of carbonyl (C=O) groups is 1. The molecule has 1 aliphatic carbocycles. The second kappa shape index (κ2) is 6.08. The van der Waals surface area contributed by atoms with Crippen molar-refractivity contribution in [3.8, 4) is 0 Å². The van der Waals surface area contributed by atoms with E-state index in [0.717, 1.165) is 6.54 Å². The fraction of sp³-hybridized carbons (Fsp3) is 0.786. The fourth-order valence-electron chi connectivity index (χ4n) is 2.41. The number of rotatable bonds is 3. The summed E-state index contributed by atoms with van der Waals surface area (Å²) in [4.78, 5) is 13.8. The maximum absolute atomic E-state index is 12.0. The minimum absolute atomic E-state index is 0.00533. The van der Waals surface area contributed by atoms with E-state index in [1.54, 1.807) is 0 Å². The van der Waals surface area contributed by atoms with Crippen molar-refractivity contribution in [3.05, 3.63) is 12.3 Å². The summed E-state index contributed by atoms with van der Waals surface area (Å²) in [6.45, 7) is 8.89. The first-order valence-corrected chi connectivity index (χ1v) is 6.70. The summed E-state index contributed by atoms with van der Waals surface area (Å²) in [7, 11) is 0. The van der Waals surface area contributed by atoms with Crippen LogP contribution >= 0.6 is 0 Å². The van der Waals surface area contributed by atoms with E-state index in [1.165, 1.54) is 25.7 Å². The number of urea groups is 1. The van der Waals surface area contributed by atoms with Gasteiger partial charge in [0.25, 0.3) is 0 Å². The van der Waals surface area contributed by atoms with Crippen LogP contribution in [0.1, 0.15) is 53.4 Å². The van der Waals surface area contributed by atoms with Crippen LogP contribution in [0.5, 0.6) is 0 Å². The standard InChI is InChI=1S/C14H26N2O/c1-5-16(14(2,3)4)13(17)15-11-10-12-8-6-7-9-12/h10-12H,5-9H2,1-4H3,(H,15,17)/b11-10+. The first-order chi connectivity index (χ1) is 7.95. The highest BCUT2D eigenvalue weighted by Gasteiger charge is 2.24. The Hall–Kier alpha value is -0.990. The van der Waals surface area contributed by atoms with Gasteiger partial charge in [0.15, 0.2) is 0 Å². The van der Waals surface area contributed by atoms with Crippen LogP contribution in [0.3, 0.4) is 0 Å². The number of amides is 2. The number of carbonyl (C=O) groups excluding carboxylic acids is 1. The summed E-state index contributed by atoms with van der Waals surface area (Å²) in [5.74, 6) is 0.667. The zero-order chi connectivity index (χ0) is 12.9. The van der Waals surface area contributed by atoms with Crippen molar-refractivity contribution in [2.24, 2.45) is 5.92 Å². The van der Waals surface area contributed by atoms with Crippen molar-refractivity contribution in [2.75, 3.05) is 6.54 Å². The Morgan fingerprint density at radius 3 is 2.41 bits per heavy atom. The van der Waals surface area contributed by atoms with Crippen molar-refractivity contribution in [3.63, 3.8) is 0 Å². The minimum atomic E-state index is -0.125. The second-order valence-corrected chi connectivity index (χ2v) is 5.77. The van der Waals surface area contributed by atoms with E-state index >= 15 is 0 Å². The van der Waals surface area contributed by atoms with E-state index in [1.807, 2.05) is 18.0 Å². The van der Waals surface area contributed by atoms with E-state index in [2.05, 4.69) is 32.2 Å². The molecule has 0 aromatic rings. The van der Waals surface area contributed by atoms with Gasteiger partial charge in [-0.2, -0.15) is 0 Å². The number of hydrogen-bond donors (Lipinski definition) is 1. The monoisotopic (exact) mass is 238 g/mol. The molecule has 0 aromatic carbocycles. The molecule has 0 aliphatic heterocycles. The van der Waals surface area contributed by atoms with Crippen molar-refractivity contribution in [2.45, 2.75) is 58.9 Å². The Morgan fingerprint density at radius 1 is 1.35 bits per heavy atom. The molecule has 0 aromatic heterocycles. The quantitative estimate of drug-likeness (QED) is 0.801. The average Bonchev–Trinajstić information content (AvgIpc) is 2.69. The fourth-order valence-corrected chi connectivity index (χ4v) is 2.41. The van der Waals surface area contributed by atoms with Gasteiger partial charge in [-0.25, -0.2) is 4.79 Å². The van der Waals surface area contributed by atoms with Crippen LogP contribution in [-0.2, 0) is 0 Å². The van der Waals surface area contributed by atoms with E-state index in [0.29, 0.717) is 5.92 Å². The molecule has 3 nitrogen and oxygen atoms in total. The first-order valence-electron chi connectivity index (χ1n) is 6.70. The summed E-state index contributed by atoms with van der Waals surface area (Å²) in [6.07, 6.45) is 9.15. The van der Waals surface area contributed by atoms with Crippen molar-refractivity contribution in [1.29, 1.82) is 0 Å². The summed E-state index contributed by atoms with van der Waals surface area (Å²) in [5.41, 5.74) is -0.125. The molecule has 3 heteroatoms. The molecule has 2 amide bonds. The normalized spacial score (nSPS) is 17.6. The third-order valence-corrected chi connectivity index (χ3v) is 3.35. The zero-order valence-corrected chi connectivity index (χ0v) is 11.6. The molecule has 0 atom stereocenters. The molecule has 98 valence electrons. The number of nitrogens with one attached hydrogen (secondary N) is 1. The predicted molar refractivity (Wildman–Crippen MR) is 71.8 cm³/mol. The Balaban J connectivity index is 2.42. The molecule has 1 rings (SSSR count). The van der Waals surface area contributed by atoms with Gasteiger partial charge < -0.3 is 10.2 Å². The number of allylic oxidation sites excluding steroid dienone is 1. The molecule has 1 fully saturated rings. The molecule has 1 saturated carbocycles. The third kappa shape index (κ3) is 4.41. The Bertz CT molecular complexity index is 272. The van der Waals surface area contributed by atoms with E-state index in [-0.39, 0.29) is 11.6 Å². The molecule has 1 N–H and O–H groups in total. The highest BCUT2D eigenvalue weighted by atomic mass is 16.2. The Kier molecular flexibility index (Phi) is 5.03. The smallest absolute Gasteiger partial charge is 0.320 e. The molecule has 0 saturated heterocycles. The number of nitrogens with zero attached hydrogens (tertiary/aromatic N) is 1. The van der Waals surface area contributed by atoms with E-state index in [9.17, 15) is 4.79 Å². The van der Waals surface area contributed by atoms with Gasteiger partial charge >= 0.3 is 6.03 Å². The average molecular weight is 238 g/mol. The van der Waals surface area contributed by atoms with Crippen LogP contribution < -0.4 is 5.32 Å². The molecule has 17 heavy (non-hydrogen) atoms. The summed E-state index contributed by atoms with van der Waals surface area (Å²) < 4.78 is 0. The van der Waals surface area contributed by atoms with E-state index in [4.69, 9.17) is 0 Å². The molecular formula is C14H26N2O. The van der Waals surface area contributed by atoms with Crippen LogP contribution in [0.2, 0.25) is 0 Å². The van der Waals surface area contributed by atoms with E-state index < -0.39 is 0 Å². The molecule has 0 heterocycles. The van der Waals surface area contributed by atoms with Gasteiger partial charge in [-0.15, -0.1) is 0 Å². The molecule has 0 bridgehead atoms. The Labute approximate surface area is 105 Å². The van der Waals surface area contributed by atoms with Crippen molar-refractivity contribution >= 4 is 6.03 Å². The van der Waals surface area contributed by atoms with Crippen LogP contribution in [-0.4, -0.2) is 23.0 Å². The highest BCUT2D eigenvalue weighted by Crippen LogP contribution is 2.25. The molecule has 0 radical (unpaired) electrons. The van der Waals surface area contributed by atoms with Crippen LogP contribution in [0.15, 0.2) is 12.3 Å². The lowest BCUT2D eigenvalue weighted by atomic mass is 10.1. The maximum Gasteiger partial charge on any atom is 0.321 e. The largest absolute Gasteiger partial charge is 0.321 e. The summed E-state index contributed by atoms with van der Waals surface area (Å²) >= 11 is 0. The second-order valence-electron chi connectivity index (χ2n) is 5.77. The van der Waals surface area contributed by atoms with Crippen molar-refractivity contribution < 1.29 is 4.79 Å².